The normalized spacial score (nSPS) is 22.8. The monoisotopic (exact) mass is 707 g/mol. The van der Waals surface area contributed by atoms with E-state index in [0.29, 0.717) is 72.5 Å². The molecule has 2 N–H and O–H groups in total. The molecule has 3 aromatic rings. The van der Waals surface area contributed by atoms with E-state index in [1.165, 1.54) is 24.0 Å². The summed E-state index contributed by atoms with van der Waals surface area (Å²) in [4.78, 5) is 27.2. The number of benzene rings is 3. The van der Waals surface area contributed by atoms with Crippen molar-refractivity contribution in [3.05, 3.63) is 118 Å². The Kier molecular flexibility index (Phi) is 9.71. The van der Waals surface area contributed by atoms with E-state index in [4.69, 9.17) is 24.7 Å². The molecule has 5 aliphatic carbocycles. The van der Waals surface area contributed by atoms with Crippen LogP contribution in [0.25, 0.3) is 17.7 Å². The Morgan fingerprint density at radius 1 is 0.660 bits per heavy atom. The molecular weight excluding hydrogens is 663 g/mol. The second-order valence-corrected chi connectivity index (χ2v) is 14.8. The summed E-state index contributed by atoms with van der Waals surface area (Å²) in [5.74, 6) is 3.87. The van der Waals surface area contributed by atoms with Crippen molar-refractivity contribution in [2.24, 2.45) is 29.6 Å². The van der Waals surface area contributed by atoms with Crippen molar-refractivity contribution in [2.45, 2.75) is 44.9 Å². The van der Waals surface area contributed by atoms with Gasteiger partial charge in [0.1, 0.15) is 0 Å². The molecule has 0 heterocycles. The molecule has 4 atom stereocenters. The summed E-state index contributed by atoms with van der Waals surface area (Å²) in [5.41, 5.74) is 20.0. The second kappa shape index (κ2) is 14.9. The van der Waals surface area contributed by atoms with Crippen LogP contribution in [0.3, 0.4) is 0 Å². The first-order chi connectivity index (χ1) is 25.9. The van der Waals surface area contributed by atoms with E-state index < -0.39 is 0 Å². The molecule has 1 saturated carbocycles. The largest absolute Gasteiger partial charge is 0.493 e. The van der Waals surface area contributed by atoms with Gasteiger partial charge in [-0.3, -0.25) is 9.59 Å². The minimum Gasteiger partial charge on any atom is -0.493 e. The highest BCUT2D eigenvalue weighted by molar-refractivity contribution is 6.01. The van der Waals surface area contributed by atoms with Crippen LogP contribution < -0.4 is 24.7 Å². The standard InChI is InChI=1S/C46H45NO6/c1-50-43-26-39-32(8-3-6-30-18-34(28-10-11-28)20-36(30)22-41(39)48)24-45(43)52-16-5-17-53-46-25-33-9-4-7-31-19-35(29-12-14-38(47)15-13-29)21-37(31)23-42(49)40(33)27-44(46)51-2/h6-9,12-15,20-21,24-28,30-31,36-37H,5,10-11,16-19,22-23,47H2,1-2H3/t3?,4?,30-,31?,36-,37?/m1/s1. The van der Waals surface area contributed by atoms with Crippen LogP contribution in [0.15, 0.2) is 89.9 Å². The highest BCUT2D eigenvalue weighted by Gasteiger charge is 2.36. The lowest BCUT2D eigenvalue weighted by atomic mass is 9.89. The SMILES string of the molecule is COc1cc2c(cc1OCCCOc1cc3c(cc1OC)C(=O)C[C@H]1C=C(C4CC4)C[C@H]1C=C=C3)C=C=CC1CC(c3ccc(N)cc3)=CC1CC2=O. The topological polar surface area (TPSA) is 97.1 Å². The lowest BCUT2D eigenvalue weighted by molar-refractivity contribution is 0.0955. The fourth-order valence-electron chi connectivity index (χ4n) is 8.21. The third-order valence-corrected chi connectivity index (χ3v) is 11.3. The Balaban J connectivity index is 0.918. The van der Waals surface area contributed by atoms with E-state index in [0.717, 1.165) is 41.1 Å². The van der Waals surface area contributed by atoms with Gasteiger partial charge in [-0.2, -0.15) is 0 Å². The number of fused-ring (bicyclic) bond motifs is 4. The lowest BCUT2D eigenvalue weighted by Crippen LogP contribution is -2.13. The molecule has 0 aromatic heterocycles. The van der Waals surface area contributed by atoms with Gasteiger partial charge in [0.15, 0.2) is 34.6 Å². The van der Waals surface area contributed by atoms with Gasteiger partial charge in [-0.25, -0.2) is 0 Å². The van der Waals surface area contributed by atoms with Crippen LogP contribution >= 0.6 is 0 Å². The van der Waals surface area contributed by atoms with Crippen LogP contribution in [0.1, 0.15) is 82.4 Å². The predicted molar refractivity (Wildman–Crippen MR) is 207 cm³/mol. The van der Waals surface area contributed by atoms with Gasteiger partial charge in [0.05, 0.1) is 27.4 Å². The molecular formula is C46H45NO6. The number of rotatable bonds is 10. The van der Waals surface area contributed by atoms with Gasteiger partial charge in [0.25, 0.3) is 0 Å². The van der Waals surface area contributed by atoms with Crippen molar-refractivity contribution in [1.29, 1.82) is 0 Å². The molecule has 53 heavy (non-hydrogen) atoms. The van der Waals surface area contributed by atoms with Gasteiger partial charge in [0.2, 0.25) is 0 Å². The van der Waals surface area contributed by atoms with Crippen LogP contribution in [0, 0.1) is 29.6 Å². The summed E-state index contributed by atoms with van der Waals surface area (Å²) in [6.45, 7) is 0.726. The predicted octanol–water partition coefficient (Wildman–Crippen LogP) is 9.34. The number of ether oxygens (including phenoxy) is 4. The maximum Gasteiger partial charge on any atom is 0.164 e. The van der Waals surface area contributed by atoms with Crippen molar-refractivity contribution in [1.82, 2.24) is 0 Å². The number of carbonyl (C=O) groups excluding carboxylic acids is 2. The lowest BCUT2D eigenvalue weighted by Gasteiger charge is -2.17. The summed E-state index contributed by atoms with van der Waals surface area (Å²) in [5, 5.41) is 0. The van der Waals surface area contributed by atoms with E-state index in [-0.39, 0.29) is 29.3 Å². The van der Waals surface area contributed by atoms with E-state index in [2.05, 4.69) is 35.8 Å². The first kappa shape index (κ1) is 34.6. The molecule has 7 nitrogen and oxygen atoms in total. The number of methoxy groups -OCH3 is 2. The van der Waals surface area contributed by atoms with E-state index in [9.17, 15) is 9.59 Å². The second-order valence-electron chi connectivity index (χ2n) is 14.8. The van der Waals surface area contributed by atoms with Crippen molar-refractivity contribution in [3.63, 3.8) is 0 Å². The molecule has 0 amide bonds. The third kappa shape index (κ3) is 7.41. The number of hydrogen-bond acceptors (Lipinski definition) is 7. The number of allylic oxidation sites excluding steroid dienone is 6. The van der Waals surface area contributed by atoms with Crippen LogP contribution in [-0.4, -0.2) is 39.0 Å². The van der Waals surface area contributed by atoms with E-state index >= 15 is 0 Å². The number of nitrogen functional groups attached to an aromatic ring is 1. The Labute approximate surface area is 311 Å². The van der Waals surface area contributed by atoms with Crippen molar-refractivity contribution < 1.29 is 28.5 Å². The van der Waals surface area contributed by atoms with Crippen molar-refractivity contribution in [3.8, 4) is 23.0 Å². The van der Waals surface area contributed by atoms with Gasteiger partial charge in [-0.1, -0.05) is 29.9 Å². The van der Waals surface area contributed by atoms with Crippen molar-refractivity contribution in [2.75, 3.05) is 33.2 Å². The molecule has 0 saturated heterocycles. The van der Waals surface area contributed by atoms with Gasteiger partial charge in [-0.05, 0) is 138 Å². The maximum atomic E-state index is 13.7. The smallest absolute Gasteiger partial charge is 0.164 e. The molecule has 7 heteroatoms. The summed E-state index contributed by atoms with van der Waals surface area (Å²) >= 11 is 0. The van der Waals surface area contributed by atoms with Crippen LogP contribution in [-0.2, 0) is 0 Å². The highest BCUT2D eigenvalue weighted by Crippen LogP contribution is 2.47. The van der Waals surface area contributed by atoms with Crippen LogP contribution in [0.4, 0.5) is 5.69 Å². The summed E-state index contributed by atoms with van der Waals surface area (Å²) in [6, 6.07) is 15.2. The first-order valence-electron chi connectivity index (χ1n) is 18.7. The molecule has 5 aliphatic rings. The molecule has 270 valence electrons. The molecule has 8 rings (SSSR count). The quantitative estimate of drug-likeness (QED) is 0.0971. The molecule has 3 aromatic carbocycles. The van der Waals surface area contributed by atoms with Crippen LogP contribution in [0.5, 0.6) is 23.0 Å². The Morgan fingerprint density at radius 3 is 1.75 bits per heavy atom. The summed E-state index contributed by atoms with van der Waals surface area (Å²) < 4.78 is 23.7. The third-order valence-electron chi connectivity index (χ3n) is 11.3. The number of carbonyl (C=O) groups is 2. The first-order valence-corrected chi connectivity index (χ1v) is 18.7. The zero-order valence-corrected chi connectivity index (χ0v) is 30.4. The minimum atomic E-state index is 0.0618. The highest BCUT2D eigenvalue weighted by atomic mass is 16.5. The van der Waals surface area contributed by atoms with Crippen LogP contribution in [0.2, 0.25) is 0 Å². The number of ketones is 2. The number of nitrogens with two attached hydrogens (primary N) is 1. The zero-order chi connectivity index (χ0) is 36.5. The van der Waals surface area contributed by atoms with Gasteiger partial charge in [-0.15, -0.1) is 11.5 Å². The Bertz CT molecular complexity index is 2140. The molecule has 2 unspecified atom stereocenters. The number of anilines is 1. The van der Waals surface area contributed by atoms with E-state index in [1.54, 1.807) is 26.4 Å². The molecule has 0 spiro atoms. The Hall–Kier alpha value is -5.48. The molecule has 1 fully saturated rings. The Morgan fingerprint density at radius 2 is 1.21 bits per heavy atom. The zero-order valence-electron chi connectivity index (χ0n) is 30.4. The average molecular weight is 708 g/mol. The van der Waals surface area contributed by atoms with E-state index in [1.807, 2.05) is 48.6 Å². The fourth-order valence-corrected chi connectivity index (χ4v) is 8.21. The van der Waals surface area contributed by atoms with Gasteiger partial charge in [0, 0.05) is 36.1 Å². The summed E-state index contributed by atoms with van der Waals surface area (Å²) in [6.07, 6.45) is 18.5. The van der Waals surface area contributed by atoms with Gasteiger partial charge < -0.3 is 24.7 Å². The molecule has 0 bridgehead atoms. The fraction of sp³-hybridized carbons (Fsp3) is 0.348. The van der Waals surface area contributed by atoms with Gasteiger partial charge >= 0.3 is 0 Å². The number of hydrogen-bond donors (Lipinski definition) is 1. The molecule has 0 radical (unpaired) electrons. The minimum absolute atomic E-state index is 0.0618. The average Bonchev–Trinajstić information content (AvgIpc) is 3.80. The molecule has 0 aliphatic heterocycles. The van der Waals surface area contributed by atoms with Crippen molar-refractivity contribution >= 4 is 35.0 Å². The maximum absolute atomic E-state index is 13.7. The summed E-state index contributed by atoms with van der Waals surface area (Å²) in [7, 11) is 3.18. The number of Topliss-reactive ketones (excluding diaryl/α,β-unsaturated/α-hetero) is 2.